The molecule has 3 N–H and O–H groups in total. The van der Waals surface area contributed by atoms with Crippen LogP contribution in [-0.4, -0.2) is 43.2 Å². The van der Waals surface area contributed by atoms with Gasteiger partial charge < -0.3 is 16.0 Å². The zero-order valence-corrected chi connectivity index (χ0v) is 9.54. The minimum atomic E-state index is 0.218. The van der Waals surface area contributed by atoms with E-state index in [0.29, 0.717) is 0 Å². The second-order valence-electron chi connectivity index (χ2n) is 4.90. The fourth-order valence-corrected chi connectivity index (χ4v) is 3.05. The molecule has 0 aliphatic carbocycles. The van der Waals surface area contributed by atoms with Crippen molar-refractivity contribution in [1.29, 1.82) is 0 Å². The summed E-state index contributed by atoms with van der Waals surface area (Å²) in [6.07, 6.45) is 5.54. The molecule has 3 nitrogen and oxygen atoms in total. The second kappa shape index (κ2) is 4.64. The Morgan fingerprint density at radius 2 is 2.40 bits per heavy atom. The highest BCUT2D eigenvalue weighted by Crippen LogP contribution is 2.34. The van der Waals surface area contributed by atoms with Crippen molar-refractivity contribution in [3.8, 4) is 0 Å². The number of hydrogen-bond donors (Lipinski definition) is 2. The zero-order valence-electron chi connectivity index (χ0n) is 9.54. The van der Waals surface area contributed by atoms with E-state index in [1.807, 2.05) is 6.08 Å². The van der Waals surface area contributed by atoms with Crippen LogP contribution >= 0.6 is 0 Å². The minimum Gasteiger partial charge on any atom is -0.329 e. The molecular formula is C12H23N3. The monoisotopic (exact) mass is 209 g/mol. The maximum Gasteiger partial charge on any atom is 0.0357 e. The third-order valence-electron chi connectivity index (χ3n) is 4.12. The number of nitrogens with two attached hydrogens (primary N) is 1. The van der Waals surface area contributed by atoms with Gasteiger partial charge in [0.2, 0.25) is 0 Å². The van der Waals surface area contributed by atoms with E-state index >= 15 is 0 Å². The third-order valence-corrected chi connectivity index (χ3v) is 4.12. The predicted octanol–water partition coefficient (Wildman–Crippen LogP) is 0.575. The fourth-order valence-electron chi connectivity index (χ4n) is 3.05. The van der Waals surface area contributed by atoms with Gasteiger partial charge in [-0.15, -0.1) is 6.58 Å². The molecular weight excluding hydrogens is 186 g/mol. The van der Waals surface area contributed by atoms with Gasteiger partial charge in [0, 0.05) is 18.6 Å². The normalized spacial score (nSPS) is 39.3. The first-order valence-electron chi connectivity index (χ1n) is 6.09. The van der Waals surface area contributed by atoms with E-state index in [0.717, 1.165) is 25.4 Å². The van der Waals surface area contributed by atoms with Crippen molar-refractivity contribution in [3.05, 3.63) is 12.7 Å². The van der Waals surface area contributed by atoms with Crippen molar-refractivity contribution in [2.24, 2.45) is 11.7 Å². The summed E-state index contributed by atoms with van der Waals surface area (Å²) < 4.78 is 0. The summed E-state index contributed by atoms with van der Waals surface area (Å²) in [5.41, 5.74) is 6.22. The van der Waals surface area contributed by atoms with Crippen LogP contribution < -0.4 is 11.1 Å². The zero-order chi connectivity index (χ0) is 10.7. The molecule has 2 rings (SSSR count). The lowest BCUT2D eigenvalue weighted by Crippen LogP contribution is -2.60. The summed E-state index contributed by atoms with van der Waals surface area (Å²) in [6.45, 7) is 9.30. The highest BCUT2D eigenvalue weighted by Gasteiger charge is 2.44. The van der Waals surface area contributed by atoms with E-state index < -0.39 is 0 Å². The van der Waals surface area contributed by atoms with E-state index in [1.54, 1.807) is 0 Å². The van der Waals surface area contributed by atoms with Crippen LogP contribution in [0.25, 0.3) is 0 Å². The van der Waals surface area contributed by atoms with Crippen molar-refractivity contribution in [2.45, 2.75) is 24.8 Å². The molecule has 2 saturated heterocycles. The lowest BCUT2D eigenvalue weighted by Gasteiger charge is -2.43. The van der Waals surface area contributed by atoms with Crippen molar-refractivity contribution in [3.63, 3.8) is 0 Å². The summed E-state index contributed by atoms with van der Waals surface area (Å²) >= 11 is 0. The van der Waals surface area contributed by atoms with Crippen molar-refractivity contribution in [1.82, 2.24) is 10.2 Å². The van der Waals surface area contributed by atoms with Crippen LogP contribution in [0.2, 0.25) is 0 Å². The minimum absolute atomic E-state index is 0.218. The van der Waals surface area contributed by atoms with Crippen LogP contribution in [0, 0.1) is 5.92 Å². The van der Waals surface area contributed by atoms with Gasteiger partial charge in [-0.05, 0) is 44.8 Å². The van der Waals surface area contributed by atoms with Crippen molar-refractivity contribution >= 4 is 0 Å². The Bertz CT molecular complexity index is 229. The summed E-state index contributed by atoms with van der Waals surface area (Å²) in [5, 5.41) is 3.69. The summed E-state index contributed by atoms with van der Waals surface area (Å²) in [6, 6.07) is 0. The van der Waals surface area contributed by atoms with Gasteiger partial charge in [0.25, 0.3) is 0 Å². The summed E-state index contributed by atoms with van der Waals surface area (Å²) in [4.78, 5) is 2.56. The average Bonchev–Trinajstić information content (AvgIpc) is 2.67. The standard InChI is InChI=1S/C12H23N3/c1-2-3-6-14-12(10-13)5-8-15-7-4-11(12)9-15/h2,11,14H,1,3-10,13H2. The van der Waals surface area contributed by atoms with Gasteiger partial charge in [-0.3, -0.25) is 0 Å². The summed E-state index contributed by atoms with van der Waals surface area (Å²) in [5.74, 6) is 0.765. The number of rotatable bonds is 5. The van der Waals surface area contributed by atoms with Crippen LogP contribution in [-0.2, 0) is 0 Å². The SMILES string of the molecule is C=CCCNC1(CN)CCN2CCC1C2. The molecule has 2 fully saturated rings. The Morgan fingerprint density at radius 3 is 3.13 bits per heavy atom. The van der Waals surface area contributed by atoms with Crippen LogP contribution in [0.4, 0.5) is 0 Å². The molecule has 15 heavy (non-hydrogen) atoms. The van der Waals surface area contributed by atoms with Crippen LogP contribution in [0.3, 0.4) is 0 Å². The van der Waals surface area contributed by atoms with Gasteiger partial charge in [0.1, 0.15) is 0 Å². The van der Waals surface area contributed by atoms with E-state index in [1.165, 1.54) is 32.5 Å². The largest absolute Gasteiger partial charge is 0.329 e. The Kier molecular flexibility index (Phi) is 3.44. The molecule has 86 valence electrons. The van der Waals surface area contributed by atoms with E-state index in [9.17, 15) is 0 Å². The van der Waals surface area contributed by atoms with Crippen molar-refractivity contribution in [2.75, 3.05) is 32.7 Å². The topological polar surface area (TPSA) is 41.3 Å². The molecule has 3 unspecified atom stereocenters. The average molecular weight is 209 g/mol. The summed E-state index contributed by atoms with van der Waals surface area (Å²) in [7, 11) is 0. The van der Waals surface area contributed by atoms with Crippen LogP contribution in [0.15, 0.2) is 12.7 Å². The predicted molar refractivity (Wildman–Crippen MR) is 63.8 cm³/mol. The third kappa shape index (κ3) is 2.10. The smallest absolute Gasteiger partial charge is 0.0357 e. The fraction of sp³-hybridized carbons (Fsp3) is 0.833. The molecule has 3 heteroatoms. The molecule has 2 aliphatic heterocycles. The van der Waals surface area contributed by atoms with Gasteiger partial charge in [-0.2, -0.15) is 0 Å². The first kappa shape index (κ1) is 11.1. The molecule has 2 heterocycles. The molecule has 0 amide bonds. The van der Waals surface area contributed by atoms with Gasteiger partial charge in [-0.25, -0.2) is 0 Å². The molecule has 2 bridgehead atoms. The lowest BCUT2D eigenvalue weighted by molar-refractivity contribution is 0.137. The van der Waals surface area contributed by atoms with Crippen LogP contribution in [0.1, 0.15) is 19.3 Å². The number of fused-ring (bicyclic) bond motifs is 2. The number of hydrogen-bond acceptors (Lipinski definition) is 3. The Hall–Kier alpha value is -0.380. The molecule has 0 aromatic rings. The Morgan fingerprint density at radius 1 is 1.53 bits per heavy atom. The molecule has 0 saturated carbocycles. The highest BCUT2D eigenvalue weighted by molar-refractivity contribution is 5.03. The van der Waals surface area contributed by atoms with E-state index in [4.69, 9.17) is 5.73 Å². The van der Waals surface area contributed by atoms with Gasteiger partial charge in [0.15, 0.2) is 0 Å². The molecule has 0 radical (unpaired) electrons. The molecule has 3 atom stereocenters. The Labute approximate surface area is 92.7 Å². The van der Waals surface area contributed by atoms with Crippen molar-refractivity contribution < 1.29 is 0 Å². The highest BCUT2D eigenvalue weighted by atomic mass is 15.2. The quantitative estimate of drug-likeness (QED) is 0.514. The van der Waals surface area contributed by atoms with Gasteiger partial charge in [0.05, 0.1) is 0 Å². The first-order chi connectivity index (χ1) is 7.30. The maximum absolute atomic E-state index is 6.00. The Balaban J connectivity index is 1.96. The molecule has 0 aromatic heterocycles. The van der Waals surface area contributed by atoms with E-state index in [-0.39, 0.29) is 5.54 Å². The van der Waals surface area contributed by atoms with E-state index in [2.05, 4.69) is 16.8 Å². The number of piperidine rings is 1. The molecule has 2 aliphatic rings. The number of nitrogens with zero attached hydrogens (tertiary/aromatic N) is 1. The molecule has 0 aromatic carbocycles. The van der Waals surface area contributed by atoms with Gasteiger partial charge >= 0.3 is 0 Å². The molecule has 0 spiro atoms. The number of nitrogens with one attached hydrogen (secondary N) is 1. The van der Waals surface area contributed by atoms with Crippen LogP contribution in [0.5, 0.6) is 0 Å². The lowest BCUT2D eigenvalue weighted by atomic mass is 9.78. The maximum atomic E-state index is 6.00. The second-order valence-corrected chi connectivity index (χ2v) is 4.90. The first-order valence-corrected chi connectivity index (χ1v) is 6.09. The van der Waals surface area contributed by atoms with Gasteiger partial charge in [-0.1, -0.05) is 6.08 Å².